The Balaban J connectivity index is 1.49. The van der Waals surface area contributed by atoms with Gasteiger partial charge in [0.25, 0.3) is 5.91 Å². The van der Waals surface area contributed by atoms with Gasteiger partial charge >= 0.3 is 0 Å². The molecule has 1 aliphatic heterocycles. The van der Waals surface area contributed by atoms with Gasteiger partial charge in [-0.15, -0.1) is 10.2 Å². The summed E-state index contributed by atoms with van der Waals surface area (Å²) >= 11 is 0. The van der Waals surface area contributed by atoms with Gasteiger partial charge in [-0.3, -0.25) is 14.2 Å². The number of nitrogens with zero attached hydrogens (tertiary/aromatic N) is 5. The van der Waals surface area contributed by atoms with Crippen molar-refractivity contribution in [2.75, 3.05) is 13.1 Å². The lowest BCUT2D eigenvalue weighted by molar-refractivity contribution is 0.0706. The first-order valence-electron chi connectivity index (χ1n) is 10.1. The number of rotatable bonds is 2. The fourth-order valence-electron chi connectivity index (χ4n) is 4.33. The van der Waals surface area contributed by atoms with E-state index in [4.69, 9.17) is 0 Å². The van der Waals surface area contributed by atoms with E-state index in [9.17, 15) is 4.79 Å². The predicted octanol–water partition coefficient (Wildman–Crippen LogP) is 3.91. The minimum Gasteiger partial charge on any atom is -0.338 e. The van der Waals surface area contributed by atoms with E-state index in [2.05, 4.69) is 21.2 Å². The summed E-state index contributed by atoms with van der Waals surface area (Å²) in [5.74, 6) is 1.19. The Morgan fingerprint density at radius 1 is 1.10 bits per heavy atom. The molecule has 3 aromatic heterocycles. The highest BCUT2D eigenvalue weighted by molar-refractivity contribution is 6.06. The molecule has 6 heteroatoms. The zero-order chi connectivity index (χ0) is 20.0. The maximum Gasteiger partial charge on any atom is 0.254 e. The third-order valence-corrected chi connectivity index (χ3v) is 5.74. The van der Waals surface area contributed by atoms with Crippen molar-refractivity contribution in [3.05, 3.63) is 71.3 Å². The molecular weight excluding hydrogens is 362 g/mol. The van der Waals surface area contributed by atoms with E-state index >= 15 is 0 Å². The van der Waals surface area contributed by atoms with Gasteiger partial charge in [-0.1, -0.05) is 17.7 Å². The smallest absolute Gasteiger partial charge is 0.254 e. The van der Waals surface area contributed by atoms with Gasteiger partial charge in [0.15, 0.2) is 5.65 Å². The zero-order valence-electron chi connectivity index (χ0n) is 16.7. The van der Waals surface area contributed by atoms with Crippen LogP contribution < -0.4 is 0 Å². The lowest BCUT2D eigenvalue weighted by Gasteiger charge is -2.32. The molecule has 0 N–H and O–H groups in total. The number of fused-ring (bicyclic) bond motifs is 2. The fraction of sp³-hybridized carbons (Fsp3) is 0.304. The molecule has 6 nitrogen and oxygen atoms in total. The third kappa shape index (κ3) is 3.14. The Bertz CT molecular complexity index is 1230. The third-order valence-electron chi connectivity index (χ3n) is 5.74. The van der Waals surface area contributed by atoms with Crippen molar-refractivity contribution in [3.63, 3.8) is 0 Å². The van der Waals surface area contributed by atoms with Crippen molar-refractivity contribution < 1.29 is 4.79 Å². The lowest BCUT2D eigenvalue weighted by Crippen LogP contribution is -2.39. The molecule has 0 saturated carbocycles. The van der Waals surface area contributed by atoms with Gasteiger partial charge in [0, 0.05) is 36.3 Å². The Morgan fingerprint density at radius 2 is 2.00 bits per heavy atom. The molecule has 1 atom stereocenters. The molecule has 0 aliphatic carbocycles. The molecule has 0 unspecified atom stereocenters. The lowest BCUT2D eigenvalue weighted by atomic mass is 9.96. The number of carbonyl (C=O) groups excluding carboxylic acids is 1. The number of aromatic nitrogens is 4. The Labute approximate surface area is 169 Å². The average molecular weight is 385 g/mol. The maximum atomic E-state index is 13.5. The Hall–Kier alpha value is -3.28. The minimum absolute atomic E-state index is 0.0737. The number of aryl methyl sites for hydroxylation is 2. The van der Waals surface area contributed by atoms with Crippen LogP contribution in [0.5, 0.6) is 0 Å². The molecule has 1 aromatic carbocycles. The van der Waals surface area contributed by atoms with Crippen LogP contribution in [0.2, 0.25) is 0 Å². The monoisotopic (exact) mass is 385 g/mol. The van der Waals surface area contributed by atoms with Crippen LogP contribution in [-0.2, 0) is 0 Å². The number of carbonyl (C=O) groups is 1. The van der Waals surface area contributed by atoms with Crippen LogP contribution in [0, 0.1) is 13.8 Å². The van der Waals surface area contributed by atoms with Crippen molar-refractivity contribution in [2.24, 2.45) is 0 Å². The molecule has 1 aliphatic rings. The first-order chi connectivity index (χ1) is 14.1. The number of hydrogen-bond donors (Lipinski definition) is 0. The first-order valence-corrected chi connectivity index (χ1v) is 10.1. The van der Waals surface area contributed by atoms with Crippen molar-refractivity contribution in [1.82, 2.24) is 24.5 Å². The van der Waals surface area contributed by atoms with E-state index < -0.39 is 0 Å². The highest BCUT2D eigenvalue weighted by Crippen LogP contribution is 2.29. The molecule has 146 valence electrons. The quantitative estimate of drug-likeness (QED) is 0.525. The molecule has 4 heterocycles. The summed E-state index contributed by atoms with van der Waals surface area (Å²) in [6, 6.07) is 13.9. The number of piperidine rings is 1. The largest absolute Gasteiger partial charge is 0.338 e. The summed E-state index contributed by atoms with van der Waals surface area (Å²) < 4.78 is 2.04. The number of amides is 1. The van der Waals surface area contributed by atoms with Crippen LogP contribution in [0.1, 0.15) is 46.2 Å². The van der Waals surface area contributed by atoms with Gasteiger partial charge < -0.3 is 4.90 Å². The van der Waals surface area contributed by atoms with Gasteiger partial charge in [-0.05, 0) is 57.0 Å². The van der Waals surface area contributed by atoms with Gasteiger partial charge in [-0.2, -0.15) is 0 Å². The van der Waals surface area contributed by atoms with E-state index in [-0.39, 0.29) is 11.8 Å². The molecule has 0 spiro atoms. The topological polar surface area (TPSA) is 63.4 Å². The second kappa shape index (κ2) is 6.95. The summed E-state index contributed by atoms with van der Waals surface area (Å²) in [4.78, 5) is 20.1. The van der Waals surface area contributed by atoms with E-state index in [1.807, 2.05) is 65.7 Å². The van der Waals surface area contributed by atoms with Crippen molar-refractivity contribution >= 4 is 22.5 Å². The summed E-state index contributed by atoms with van der Waals surface area (Å²) in [6.45, 7) is 5.41. The standard InChI is InChI=1S/C23H23N5O/c1-15-8-9-20-18(12-15)19(13-16(2)24-20)23(29)27-10-5-6-17(14-27)22-26-25-21-7-3-4-11-28(21)22/h3-4,7-9,11-13,17H,5-6,10,14H2,1-2H3/t17-/m0/s1. The predicted molar refractivity (Wildman–Crippen MR) is 112 cm³/mol. The molecule has 29 heavy (non-hydrogen) atoms. The number of likely N-dealkylation sites (tertiary alicyclic amines) is 1. The summed E-state index contributed by atoms with van der Waals surface area (Å²) in [7, 11) is 0. The molecule has 0 bridgehead atoms. The minimum atomic E-state index is 0.0737. The average Bonchev–Trinajstić information content (AvgIpc) is 3.17. The Kier molecular flexibility index (Phi) is 4.27. The number of pyridine rings is 2. The van der Waals surface area contributed by atoms with Crippen LogP contribution in [0.4, 0.5) is 0 Å². The zero-order valence-corrected chi connectivity index (χ0v) is 16.7. The van der Waals surface area contributed by atoms with Gasteiger partial charge in [0.1, 0.15) is 5.82 Å². The SMILES string of the molecule is Cc1ccc2nc(C)cc(C(=O)N3CCC[C@H](c4nnc5ccccn45)C3)c2c1. The van der Waals surface area contributed by atoms with Crippen molar-refractivity contribution in [3.8, 4) is 0 Å². The molecule has 1 fully saturated rings. The summed E-state index contributed by atoms with van der Waals surface area (Å²) in [5.41, 5.74) is 4.45. The van der Waals surface area contributed by atoms with Crippen LogP contribution in [0.15, 0.2) is 48.7 Å². The second-order valence-corrected chi connectivity index (χ2v) is 7.91. The highest BCUT2D eigenvalue weighted by Gasteiger charge is 2.29. The van der Waals surface area contributed by atoms with E-state index in [0.29, 0.717) is 6.54 Å². The Morgan fingerprint density at radius 3 is 2.90 bits per heavy atom. The number of benzene rings is 1. The van der Waals surface area contributed by atoms with Crippen molar-refractivity contribution in [1.29, 1.82) is 0 Å². The van der Waals surface area contributed by atoms with E-state index in [0.717, 1.165) is 58.6 Å². The highest BCUT2D eigenvalue weighted by atomic mass is 16.2. The van der Waals surface area contributed by atoms with Crippen LogP contribution in [-0.4, -0.2) is 43.5 Å². The molecule has 4 aromatic rings. The van der Waals surface area contributed by atoms with Crippen LogP contribution in [0.25, 0.3) is 16.6 Å². The van der Waals surface area contributed by atoms with Gasteiger partial charge in [0.05, 0.1) is 11.1 Å². The van der Waals surface area contributed by atoms with E-state index in [1.165, 1.54) is 0 Å². The maximum absolute atomic E-state index is 13.5. The van der Waals surface area contributed by atoms with Crippen LogP contribution in [0.3, 0.4) is 0 Å². The molecule has 5 rings (SSSR count). The summed E-state index contributed by atoms with van der Waals surface area (Å²) in [6.07, 6.45) is 3.96. The normalized spacial score (nSPS) is 17.2. The second-order valence-electron chi connectivity index (χ2n) is 7.91. The fourth-order valence-corrected chi connectivity index (χ4v) is 4.33. The van der Waals surface area contributed by atoms with E-state index in [1.54, 1.807) is 0 Å². The van der Waals surface area contributed by atoms with Gasteiger partial charge in [0.2, 0.25) is 0 Å². The first kappa shape index (κ1) is 17.8. The molecule has 0 radical (unpaired) electrons. The van der Waals surface area contributed by atoms with Crippen molar-refractivity contribution in [2.45, 2.75) is 32.6 Å². The molecule has 1 amide bonds. The molecule has 1 saturated heterocycles. The van der Waals surface area contributed by atoms with Crippen LogP contribution >= 0.6 is 0 Å². The molecular formula is C23H23N5O. The van der Waals surface area contributed by atoms with Gasteiger partial charge in [-0.25, -0.2) is 0 Å². The number of hydrogen-bond acceptors (Lipinski definition) is 4. The summed E-state index contributed by atoms with van der Waals surface area (Å²) in [5, 5.41) is 9.64.